The largest absolute Gasteiger partial charge is 0.245 e. The Hall–Kier alpha value is -0.700. The molecule has 0 radical (unpaired) electrons. The van der Waals surface area contributed by atoms with Crippen molar-refractivity contribution in [2.75, 3.05) is 0 Å². The third-order valence-corrected chi connectivity index (χ3v) is 1.39. The summed E-state index contributed by atoms with van der Waals surface area (Å²) in [4.78, 5) is 3.67. The molecule has 1 rings (SSSR count). The summed E-state index contributed by atoms with van der Waals surface area (Å²) in [5.41, 5.74) is 0.514. The van der Waals surface area contributed by atoms with Crippen molar-refractivity contribution in [3.63, 3.8) is 0 Å². The van der Waals surface area contributed by atoms with E-state index in [1.165, 1.54) is 18.3 Å². The molecule has 11 heavy (non-hydrogen) atoms. The number of pyridine rings is 1. The maximum absolute atomic E-state index is 11.8. The molecule has 0 saturated heterocycles. The maximum Gasteiger partial charge on any atom is 0.242 e. The van der Waals surface area contributed by atoms with Crippen LogP contribution in [0.25, 0.3) is 0 Å². The first-order chi connectivity index (χ1) is 5.18. The minimum absolute atomic E-state index is 0.253. The smallest absolute Gasteiger partial charge is 0.242 e. The molecule has 0 unspecified atom stereocenters. The van der Waals surface area contributed by atoms with Crippen molar-refractivity contribution in [3.8, 4) is 0 Å². The summed E-state index contributed by atoms with van der Waals surface area (Å²) in [6.07, 6.45) is -1.17. The van der Waals surface area contributed by atoms with Crippen LogP contribution in [0.1, 0.15) is 5.56 Å². The molecule has 0 N–H and O–H groups in total. The van der Waals surface area contributed by atoms with E-state index in [4.69, 9.17) is 11.6 Å². The second-order valence-corrected chi connectivity index (χ2v) is 2.47. The van der Waals surface area contributed by atoms with Crippen LogP contribution in [0.3, 0.4) is 0 Å². The molecule has 1 aromatic rings. The van der Waals surface area contributed by atoms with Gasteiger partial charge in [-0.25, -0.2) is 13.8 Å². The number of aromatic nitrogens is 1. The summed E-state index contributed by atoms with van der Waals surface area (Å²) in [6, 6.07) is 2.96. The van der Waals surface area contributed by atoms with Gasteiger partial charge >= 0.3 is 0 Å². The van der Waals surface area contributed by atoms with Crippen molar-refractivity contribution in [2.45, 2.75) is 12.8 Å². The van der Waals surface area contributed by atoms with Gasteiger partial charge in [-0.15, -0.1) is 0 Å². The highest BCUT2D eigenvalue weighted by atomic mass is 35.5. The molecule has 0 amide bonds. The van der Waals surface area contributed by atoms with Crippen molar-refractivity contribution in [2.24, 2.45) is 0 Å². The molecule has 1 nitrogen and oxygen atoms in total. The van der Waals surface area contributed by atoms with Gasteiger partial charge in [0.25, 0.3) is 0 Å². The van der Waals surface area contributed by atoms with Crippen LogP contribution in [0.5, 0.6) is 0 Å². The topological polar surface area (TPSA) is 12.9 Å². The summed E-state index contributed by atoms with van der Waals surface area (Å²) >= 11 is 5.47. The van der Waals surface area contributed by atoms with Crippen LogP contribution in [0.4, 0.5) is 8.78 Å². The molecule has 1 heterocycles. The standard InChI is InChI=1S/C7H6ClF2N/c8-6-3-5(1-2-11-6)4-7(9)10/h1-3,7H,4H2. The van der Waals surface area contributed by atoms with Crippen molar-refractivity contribution in [3.05, 3.63) is 29.0 Å². The second kappa shape index (κ2) is 3.62. The molecule has 0 spiro atoms. The van der Waals surface area contributed by atoms with Crippen LogP contribution in [0.2, 0.25) is 5.15 Å². The highest BCUT2D eigenvalue weighted by Crippen LogP contribution is 2.10. The predicted octanol–water partition coefficient (Wildman–Crippen LogP) is 2.54. The first-order valence-corrected chi connectivity index (χ1v) is 3.45. The van der Waals surface area contributed by atoms with Gasteiger partial charge < -0.3 is 0 Å². The molecular weight excluding hydrogens is 172 g/mol. The van der Waals surface area contributed by atoms with Gasteiger partial charge in [0.15, 0.2) is 0 Å². The van der Waals surface area contributed by atoms with Crippen molar-refractivity contribution in [1.82, 2.24) is 4.98 Å². The average molecular weight is 178 g/mol. The molecule has 4 heteroatoms. The van der Waals surface area contributed by atoms with E-state index in [2.05, 4.69) is 4.98 Å². The summed E-state index contributed by atoms with van der Waals surface area (Å²) in [5.74, 6) is 0. The van der Waals surface area contributed by atoms with Gasteiger partial charge in [0.2, 0.25) is 6.43 Å². The SMILES string of the molecule is FC(F)Cc1ccnc(Cl)c1. The fourth-order valence-corrected chi connectivity index (χ4v) is 0.944. The minimum atomic E-state index is -2.33. The van der Waals surface area contributed by atoms with Gasteiger partial charge in [-0.2, -0.15) is 0 Å². The van der Waals surface area contributed by atoms with Gasteiger partial charge in [-0.1, -0.05) is 11.6 Å². The lowest BCUT2D eigenvalue weighted by Crippen LogP contribution is -1.96. The third-order valence-electron chi connectivity index (χ3n) is 1.18. The monoisotopic (exact) mass is 177 g/mol. The quantitative estimate of drug-likeness (QED) is 0.633. The molecule has 0 saturated carbocycles. The lowest BCUT2D eigenvalue weighted by Gasteiger charge is -1.98. The third kappa shape index (κ3) is 2.80. The molecule has 0 aliphatic heterocycles. The molecule has 0 aliphatic rings. The second-order valence-electron chi connectivity index (χ2n) is 2.08. The Morgan fingerprint density at radius 3 is 2.82 bits per heavy atom. The minimum Gasteiger partial charge on any atom is -0.245 e. The Kier molecular flexibility index (Phi) is 2.76. The fourth-order valence-electron chi connectivity index (χ4n) is 0.748. The number of halogens is 3. The fraction of sp³-hybridized carbons (Fsp3) is 0.286. The normalized spacial score (nSPS) is 10.5. The van der Waals surface area contributed by atoms with Crippen LogP contribution in [-0.2, 0) is 6.42 Å². The van der Waals surface area contributed by atoms with E-state index >= 15 is 0 Å². The molecule has 60 valence electrons. The van der Waals surface area contributed by atoms with Gasteiger partial charge in [0.1, 0.15) is 5.15 Å². The zero-order valence-corrected chi connectivity index (χ0v) is 6.35. The van der Waals surface area contributed by atoms with E-state index in [9.17, 15) is 8.78 Å². The van der Waals surface area contributed by atoms with Crippen LogP contribution in [-0.4, -0.2) is 11.4 Å². The maximum atomic E-state index is 11.8. The lowest BCUT2D eigenvalue weighted by molar-refractivity contribution is 0.149. The lowest BCUT2D eigenvalue weighted by atomic mass is 10.2. The van der Waals surface area contributed by atoms with Crippen molar-refractivity contribution in [1.29, 1.82) is 0 Å². The number of alkyl halides is 2. The van der Waals surface area contributed by atoms with Crippen LogP contribution >= 0.6 is 11.6 Å². The summed E-state index contributed by atoms with van der Waals surface area (Å²) < 4.78 is 23.6. The Bertz CT molecular complexity index is 240. The molecular formula is C7H6ClF2N. The summed E-state index contributed by atoms with van der Waals surface area (Å²) in [5, 5.41) is 0.253. The van der Waals surface area contributed by atoms with E-state index < -0.39 is 6.43 Å². The highest BCUT2D eigenvalue weighted by molar-refractivity contribution is 6.29. The number of hydrogen-bond acceptors (Lipinski definition) is 1. The molecule has 0 aromatic carbocycles. The zero-order valence-electron chi connectivity index (χ0n) is 5.60. The highest BCUT2D eigenvalue weighted by Gasteiger charge is 2.04. The van der Waals surface area contributed by atoms with Crippen LogP contribution < -0.4 is 0 Å². The molecule has 0 atom stereocenters. The molecule has 0 fully saturated rings. The Labute approximate surface area is 68.0 Å². The van der Waals surface area contributed by atoms with E-state index in [-0.39, 0.29) is 11.6 Å². The molecule has 0 aliphatic carbocycles. The number of rotatable bonds is 2. The van der Waals surface area contributed by atoms with Crippen LogP contribution in [0, 0.1) is 0 Å². The Morgan fingerprint density at radius 1 is 1.55 bits per heavy atom. The van der Waals surface area contributed by atoms with E-state index in [1.807, 2.05) is 0 Å². The van der Waals surface area contributed by atoms with E-state index in [0.29, 0.717) is 5.56 Å². The first kappa shape index (κ1) is 8.40. The number of nitrogens with zero attached hydrogens (tertiary/aromatic N) is 1. The predicted molar refractivity (Wildman–Crippen MR) is 39.0 cm³/mol. The van der Waals surface area contributed by atoms with E-state index in [0.717, 1.165) is 0 Å². The van der Waals surface area contributed by atoms with Crippen LogP contribution in [0.15, 0.2) is 18.3 Å². The Morgan fingerprint density at radius 2 is 2.27 bits per heavy atom. The van der Waals surface area contributed by atoms with Crippen molar-refractivity contribution >= 4 is 11.6 Å². The summed E-state index contributed by atoms with van der Waals surface area (Å²) in [7, 11) is 0. The molecule has 0 bridgehead atoms. The van der Waals surface area contributed by atoms with Gasteiger partial charge in [0.05, 0.1) is 0 Å². The van der Waals surface area contributed by atoms with Gasteiger partial charge in [-0.3, -0.25) is 0 Å². The number of hydrogen-bond donors (Lipinski definition) is 0. The zero-order chi connectivity index (χ0) is 8.27. The molecule has 1 aromatic heterocycles. The first-order valence-electron chi connectivity index (χ1n) is 3.07. The Balaban J connectivity index is 2.71. The average Bonchev–Trinajstić information content (AvgIpc) is 1.85. The van der Waals surface area contributed by atoms with Gasteiger partial charge in [-0.05, 0) is 17.7 Å². The van der Waals surface area contributed by atoms with Crippen molar-refractivity contribution < 1.29 is 8.78 Å². The van der Waals surface area contributed by atoms with Gasteiger partial charge in [0, 0.05) is 12.6 Å². The summed E-state index contributed by atoms with van der Waals surface area (Å²) in [6.45, 7) is 0. The van der Waals surface area contributed by atoms with E-state index in [1.54, 1.807) is 0 Å².